The number of aromatic nitrogens is 4. The summed E-state index contributed by atoms with van der Waals surface area (Å²) in [7, 11) is 2.10. The first-order valence-electron chi connectivity index (χ1n) is 23.0. The monoisotopic (exact) mass is 997 g/mol. The zero-order valence-electron chi connectivity index (χ0n) is 38.4. The number of thiophene rings is 1. The van der Waals surface area contributed by atoms with Crippen LogP contribution in [0.1, 0.15) is 29.3 Å². The zero-order valence-corrected chi connectivity index (χ0v) is 40.7. The number of halogens is 3. The number of piperazine rings is 1. The SMILES string of the molecule is CCOC(=O)[C@H]1[C@@H]2CN(c3nccc(COc4ccc5cc4C[C@H](C(=O)O)Oc4ncnc6sc(-c7ccc(F)cc7)c(c46)-c4c(C)c(Cl)c(c(Cl)c4C)O[C@H](CN4CCN(C)CC4)CO5)n3)C[C@@H]21. The number of rotatable bonds is 10. The second-order valence-electron chi connectivity index (χ2n) is 18.0. The Kier molecular flexibility index (Phi) is 13.2. The Morgan fingerprint density at radius 1 is 0.942 bits per heavy atom. The summed E-state index contributed by atoms with van der Waals surface area (Å²) in [4.78, 5) is 52.1. The standard InChI is InChI=1S/C50H50Cl2FN7O8S/c1-5-64-49(63)39-34-21-60(22-35(34)39)50-54-13-12-31(57-50)23-66-36-11-10-32-18-29(36)19-37(48(61)62)68-46-41-40(45(69-47(41)56-25-55-46)28-6-8-30(53)9-7-28)38-26(2)42(51)44(43(52)27(38)3)67-33(24-65-32)20-59-16-14-58(4)15-17-59/h6-13,18,25,33-35,37,39H,5,14-17,19-24H2,1-4H3,(H,61,62)/t33-,34-,35+,37-,39+/m1/s1. The van der Waals surface area contributed by atoms with Gasteiger partial charge in [0.15, 0.2) is 5.75 Å². The van der Waals surface area contributed by atoms with Gasteiger partial charge in [0.2, 0.25) is 17.9 Å². The maximum Gasteiger partial charge on any atom is 0.345 e. The van der Waals surface area contributed by atoms with E-state index in [2.05, 4.69) is 36.7 Å². The van der Waals surface area contributed by atoms with E-state index in [1.807, 2.05) is 20.8 Å². The number of hydrogen-bond donors (Lipinski definition) is 1. The summed E-state index contributed by atoms with van der Waals surface area (Å²) in [6.07, 6.45) is 0.829. The number of carbonyl (C=O) groups excluding carboxylic acids is 1. The predicted octanol–water partition coefficient (Wildman–Crippen LogP) is 8.16. The molecule has 0 unspecified atom stereocenters. The highest BCUT2D eigenvalue weighted by Gasteiger charge is 2.60. The average Bonchev–Trinajstić information content (AvgIpc) is 3.61. The largest absolute Gasteiger partial charge is 0.490 e. The summed E-state index contributed by atoms with van der Waals surface area (Å²) in [6, 6.07) is 13.1. The molecule has 7 heterocycles. The van der Waals surface area contributed by atoms with Gasteiger partial charge < -0.3 is 38.6 Å². The molecule has 5 atom stereocenters. The number of anilines is 1. The van der Waals surface area contributed by atoms with Gasteiger partial charge in [-0.15, -0.1) is 11.3 Å². The molecule has 0 spiro atoms. The van der Waals surface area contributed by atoms with Gasteiger partial charge in [0.25, 0.3) is 0 Å². The molecule has 0 amide bonds. The van der Waals surface area contributed by atoms with E-state index in [1.165, 1.54) is 29.8 Å². The highest BCUT2D eigenvalue weighted by molar-refractivity contribution is 7.22. The van der Waals surface area contributed by atoms with E-state index in [0.717, 1.165) is 26.2 Å². The number of hydrogen-bond acceptors (Lipinski definition) is 15. The van der Waals surface area contributed by atoms with Crippen LogP contribution in [0.5, 0.6) is 23.1 Å². The summed E-state index contributed by atoms with van der Waals surface area (Å²) < 4.78 is 46.0. The van der Waals surface area contributed by atoms with Crippen molar-refractivity contribution in [2.75, 3.05) is 71.0 Å². The first-order chi connectivity index (χ1) is 33.3. The molecule has 69 heavy (non-hydrogen) atoms. The highest BCUT2D eigenvalue weighted by atomic mass is 35.5. The lowest BCUT2D eigenvalue weighted by Gasteiger charge is -2.35. The van der Waals surface area contributed by atoms with Crippen molar-refractivity contribution in [3.05, 3.63) is 99.3 Å². The van der Waals surface area contributed by atoms with Crippen molar-refractivity contribution in [3.63, 3.8) is 0 Å². The maximum absolute atomic E-state index is 14.4. The summed E-state index contributed by atoms with van der Waals surface area (Å²) in [6.45, 7) is 11.3. The van der Waals surface area contributed by atoms with Crippen molar-refractivity contribution >= 4 is 62.6 Å². The molecular weight excluding hydrogens is 949 g/mol. The van der Waals surface area contributed by atoms with Gasteiger partial charge in [0, 0.05) is 74.4 Å². The molecule has 1 N–H and O–H groups in total. The van der Waals surface area contributed by atoms with Crippen LogP contribution < -0.4 is 23.8 Å². The van der Waals surface area contributed by atoms with Crippen molar-refractivity contribution in [1.82, 2.24) is 29.7 Å². The van der Waals surface area contributed by atoms with E-state index in [0.29, 0.717) is 114 Å². The van der Waals surface area contributed by atoms with Crippen LogP contribution in [0, 0.1) is 37.4 Å². The maximum atomic E-state index is 14.4. The molecule has 3 fully saturated rings. The minimum atomic E-state index is -1.48. The number of piperidine rings is 1. The average molecular weight is 999 g/mol. The Labute approximate surface area is 412 Å². The Morgan fingerprint density at radius 3 is 2.39 bits per heavy atom. The zero-order chi connectivity index (χ0) is 48.1. The lowest BCUT2D eigenvalue weighted by molar-refractivity contribution is -0.146. The molecule has 3 aromatic heterocycles. The van der Waals surface area contributed by atoms with Gasteiger partial charge in [-0.25, -0.2) is 29.1 Å². The van der Waals surface area contributed by atoms with Gasteiger partial charge in [-0.3, -0.25) is 9.69 Å². The van der Waals surface area contributed by atoms with Crippen LogP contribution in [0.2, 0.25) is 10.0 Å². The van der Waals surface area contributed by atoms with Crippen LogP contribution in [-0.2, 0) is 27.4 Å². The normalized spacial score (nSPS) is 21.5. The number of benzene rings is 3. The second kappa shape index (κ2) is 19.5. The number of carboxylic acids is 1. The number of carboxylic acid groups (broad SMARTS) is 1. The molecule has 4 aliphatic heterocycles. The smallest absolute Gasteiger partial charge is 0.345 e. The van der Waals surface area contributed by atoms with Gasteiger partial charge in [-0.1, -0.05) is 35.3 Å². The minimum Gasteiger partial charge on any atom is -0.490 e. The van der Waals surface area contributed by atoms with Gasteiger partial charge in [0.05, 0.1) is 33.7 Å². The van der Waals surface area contributed by atoms with Crippen molar-refractivity contribution in [2.45, 2.75) is 46.0 Å². The molecular formula is C50H50Cl2FN7O8S. The first kappa shape index (κ1) is 46.9. The molecule has 4 bridgehead atoms. The van der Waals surface area contributed by atoms with E-state index in [-0.39, 0.29) is 49.2 Å². The summed E-state index contributed by atoms with van der Waals surface area (Å²) in [5, 5.41) is 11.9. The molecule has 11 rings (SSSR count). The number of nitrogens with zero attached hydrogens (tertiary/aromatic N) is 7. The van der Waals surface area contributed by atoms with Crippen molar-refractivity contribution < 1.29 is 42.8 Å². The summed E-state index contributed by atoms with van der Waals surface area (Å²) in [5.41, 5.74) is 4.34. The predicted molar refractivity (Wildman–Crippen MR) is 259 cm³/mol. The number of fused-ring (bicyclic) bond motifs is 8. The Balaban J connectivity index is 1.03. The number of likely N-dealkylation sites (N-methyl/N-ethyl adjacent to an activating group) is 1. The lowest BCUT2D eigenvalue weighted by atomic mass is 9.92. The Hall–Kier alpha value is -5.85. The van der Waals surface area contributed by atoms with Gasteiger partial charge in [-0.2, -0.15) is 0 Å². The molecule has 19 heteroatoms. The van der Waals surface area contributed by atoms with E-state index >= 15 is 0 Å². The number of carbonyl (C=O) groups is 2. The van der Waals surface area contributed by atoms with Crippen LogP contribution in [0.25, 0.3) is 31.8 Å². The third-order valence-electron chi connectivity index (χ3n) is 13.5. The molecule has 3 aromatic carbocycles. The number of aliphatic carboxylic acids is 1. The van der Waals surface area contributed by atoms with Crippen molar-refractivity contribution in [3.8, 4) is 44.7 Å². The summed E-state index contributed by atoms with van der Waals surface area (Å²) >= 11 is 16.0. The first-order valence-corrected chi connectivity index (χ1v) is 24.5. The van der Waals surface area contributed by atoms with Gasteiger partial charge in [0.1, 0.15) is 47.8 Å². The van der Waals surface area contributed by atoms with Crippen molar-refractivity contribution in [1.29, 1.82) is 0 Å². The van der Waals surface area contributed by atoms with Crippen molar-refractivity contribution in [2.24, 2.45) is 17.8 Å². The van der Waals surface area contributed by atoms with Crippen LogP contribution in [0.15, 0.2) is 61.1 Å². The number of esters is 1. The van der Waals surface area contributed by atoms with E-state index in [4.69, 9.17) is 51.9 Å². The van der Waals surface area contributed by atoms with Crippen LogP contribution >= 0.6 is 34.5 Å². The summed E-state index contributed by atoms with van der Waals surface area (Å²) in [5.74, 6) is 0.282. The van der Waals surface area contributed by atoms with E-state index in [9.17, 15) is 19.1 Å². The number of ether oxygens (including phenoxy) is 5. The fraction of sp³-hybridized carbons (Fsp3) is 0.400. The molecule has 2 saturated heterocycles. The van der Waals surface area contributed by atoms with E-state index < -0.39 is 24.0 Å². The quantitative estimate of drug-likeness (QED) is 0.131. The van der Waals surface area contributed by atoms with Crippen LogP contribution in [0.3, 0.4) is 0 Å². The van der Waals surface area contributed by atoms with Crippen LogP contribution in [-0.4, -0.2) is 125 Å². The lowest BCUT2D eigenvalue weighted by Crippen LogP contribution is -2.49. The van der Waals surface area contributed by atoms with Gasteiger partial charge in [-0.05, 0) is 98.3 Å². The fourth-order valence-corrected chi connectivity index (χ4v) is 11.4. The Morgan fingerprint density at radius 2 is 1.68 bits per heavy atom. The third-order valence-corrected chi connectivity index (χ3v) is 15.5. The molecule has 1 aliphatic carbocycles. The molecule has 0 radical (unpaired) electrons. The highest BCUT2D eigenvalue weighted by Crippen LogP contribution is 2.54. The third kappa shape index (κ3) is 9.46. The minimum absolute atomic E-state index is 0.0199. The molecule has 360 valence electrons. The van der Waals surface area contributed by atoms with Crippen LogP contribution in [0.4, 0.5) is 10.3 Å². The molecule has 5 aliphatic rings. The van der Waals surface area contributed by atoms with Gasteiger partial charge >= 0.3 is 11.9 Å². The Bertz CT molecular complexity index is 2900. The van der Waals surface area contributed by atoms with E-state index in [1.54, 1.807) is 42.6 Å². The molecule has 1 saturated carbocycles. The fourth-order valence-electron chi connectivity index (χ4n) is 9.76. The topological polar surface area (TPSA) is 162 Å². The second-order valence-corrected chi connectivity index (χ2v) is 19.7. The molecule has 15 nitrogen and oxygen atoms in total. The molecule has 6 aromatic rings.